The lowest BCUT2D eigenvalue weighted by molar-refractivity contribution is -0.161. The smallest absolute Gasteiger partial charge is 0.462 e. The van der Waals surface area contributed by atoms with Gasteiger partial charge in [0.2, 0.25) is 0 Å². The van der Waals surface area contributed by atoms with Gasteiger partial charge in [0, 0.05) is 25.7 Å². The molecule has 0 aromatic carbocycles. The first-order chi connectivity index (χ1) is 48.0. The van der Waals surface area contributed by atoms with Crippen molar-refractivity contribution < 1.29 is 80.2 Å². The molecule has 0 radical (unpaired) electrons. The molecule has 99 heavy (non-hydrogen) atoms. The molecular formula is C80H156O17P2. The second-order valence-electron chi connectivity index (χ2n) is 29.3. The first-order valence-corrected chi connectivity index (χ1v) is 44.6. The van der Waals surface area contributed by atoms with Gasteiger partial charge in [0.1, 0.15) is 19.3 Å². The van der Waals surface area contributed by atoms with E-state index < -0.39 is 97.5 Å². The average molecular weight is 1450 g/mol. The van der Waals surface area contributed by atoms with Gasteiger partial charge < -0.3 is 33.8 Å². The van der Waals surface area contributed by atoms with Gasteiger partial charge in [0.05, 0.1) is 26.4 Å². The summed E-state index contributed by atoms with van der Waals surface area (Å²) >= 11 is 0. The Balaban J connectivity index is 5.20. The molecule has 5 atom stereocenters. The number of hydrogen-bond donors (Lipinski definition) is 3. The molecule has 0 aliphatic rings. The third-order valence-corrected chi connectivity index (χ3v) is 20.7. The number of aliphatic hydroxyl groups is 1. The van der Waals surface area contributed by atoms with Crippen LogP contribution in [0, 0.1) is 5.92 Å². The summed E-state index contributed by atoms with van der Waals surface area (Å²) in [5, 5.41) is 10.6. The minimum Gasteiger partial charge on any atom is -0.462 e. The zero-order chi connectivity index (χ0) is 72.7. The minimum atomic E-state index is -4.96. The van der Waals surface area contributed by atoms with Crippen LogP contribution in [-0.4, -0.2) is 96.7 Å². The fraction of sp³-hybridized carbons (Fsp3) is 0.950. The van der Waals surface area contributed by atoms with E-state index in [1.807, 2.05) is 0 Å². The average Bonchev–Trinajstić information content (AvgIpc) is 0.979. The summed E-state index contributed by atoms with van der Waals surface area (Å²) in [6, 6.07) is 0. The van der Waals surface area contributed by atoms with Gasteiger partial charge in [0.15, 0.2) is 12.2 Å². The van der Waals surface area contributed by atoms with E-state index in [0.717, 1.165) is 95.8 Å². The molecule has 3 N–H and O–H groups in total. The minimum absolute atomic E-state index is 0.106. The SMILES string of the molecule is CCCCCCCCCCCCCCCCCCCCCCC(=O)O[C@H](COC(=O)CCCCCCCCCCCCCCCCCCCC)COP(=O)(O)OC[C@@H](O)COP(=O)(O)OC[C@@H](COC(=O)CCCCCCCCCCC)OC(=O)CCCCCCCCCCCC(C)C. The Bertz CT molecular complexity index is 1890. The molecule has 19 heteroatoms. The van der Waals surface area contributed by atoms with Crippen molar-refractivity contribution in [2.75, 3.05) is 39.6 Å². The first-order valence-electron chi connectivity index (χ1n) is 41.6. The summed E-state index contributed by atoms with van der Waals surface area (Å²) in [5.41, 5.74) is 0. The van der Waals surface area contributed by atoms with Gasteiger partial charge in [-0.15, -0.1) is 0 Å². The second kappa shape index (κ2) is 73.0. The Kier molecular flexibility index (Phi) is 71.6. The molecule has 0 aromatic heterocycles. The van der Waals surface area contributed by atoms with E-state index in [1.54, 1.807) is 0 Å². The molecular weight excluding hydrogens is 1290 g/mol. The second-order valence-corrected chi connectivity index (χ2v) is 32.2. The number of esters is 4. The zero-order valence-corrected chi connectivity index (χ0v) is 66.4. The van der Waals surface area contributed by atoms with Crippen molar-refractivity contribution in [3.8, 4) is 0 Å². The Morgan fingerprint density at radius 2 is 0.465 bits per heavy atom. The van der Waals surface area contributed by atoms with Crippen LogP contribution in [0.1, 0.15) is 426 Å². The standard InChI is InChI=1S/C80H156O17P2/c1-6-9-12-15-18-21-23-25-27-29-31-32-34-36-38-40-45-50-55-60-65-79(84)96-76(70-91-78(83)64-59-54-49-44-39-37-35-33-30-28-26-24-22-19-16-13-10-7-2)72-95-99(88,89)93-68-74(81)67-92-98(86,87)94-71-75(69-90-77(82)63-58-53-48-42-20-17-14-11-8-3)97-80(85)66-61-56-51-46-41-43-47-52-57-62-73(4)5/h73-76,81H,6-72H2,1-5H3,(H,86,87)(H,88,89)/t74-,75+,76+/m0/s1. The van der Waals surface area contributed by atoms with E-state index in [4.69, 9.17) is 37.0 Å². The first kappa shape index (κ1) is 97.1. The van der Waals surface area contributed by atoms with Crippen LogP contribution in [0.2, 0.25) is 0 Å². The number of rotatable bonds is 80. The Morgan fingerprint density at radius 1 is 0.273 bits per heavy atom. The van der Waals surface area contributed by atoms with Crippen molar-refractivity contribution in [1.82, 2.24) is 0 Å². The summed E-state index contributed by atoms with van der Waals surface area (Å²) in [6.45, 7) is 7.28. The van der Waals surface area contributed by atoms with Crippen molar-refractivity contribution in [1.29, 1.82) is 0 Å². The van der Waals surface area contributed by atoms with Crippen LogP contribution in [-0.2, 0) is 65.4 Å². The van der Waals surface area contributed by atoms with Gasteiger partial charge in [-0.05, 0) is 31.6 Å². The number of hydrogen-bond acceptors (Lipinski definition) is 15. The third-order valence-electron chi connectivity index (χ3n) is 18.8. The van der Waals surface area contributed by atoms with Crippen LogP contribution in [0.25, 0.3) is 0 Å². The summed E-state index contributed by atoms with van der Waals surface area (Å²) < 4.78 is 68.6. The molecule has 588 valence electrons. The number of phosphoric acid groups is 2. The van der Waals surface area contributed by atoms with Crippen molar-refractivity contribution in [3.05, 3.63) is 0 Å². The van der Waals surface area contributed by atoms with E-state index >= 15 is 0 Å². The Morgan fingerprint density at radius 3 is 0.687 bits per heavy atom. The van der Waals surface area contributed by atoms with Crippen molar-refractivity contribution >= 4 is 39.5 Å². The number of ether oxygens (including phenoxy) is 4. The summed E-state index contributed by atoms with van der Waals surface area (Å²) in [7, 11) is -9.91. The summed E-state index contributed by atoms with van der Waals surface area (Å²) in [5.74, 6) is -1.37. The van der Waals surface area contributed by atoms with Gasteiger partial charge in [-0.2, -0.15) is 0 Å². The van der Waals surface area contributed by atoms with Crippen LogP contribution in [0.3, 0.4) is 0 Å². The monoisotopic (exact) mass is 1450 g/mol. The molecule has 0 aromatic rings. The van der Waals surface area contributed by atoms with Gasteiger partial charge in [0.25, 0.3) is 0 Å². The molecule has 0 rings (SSSR count). The number of carbonyl (C=O) groups is 4. The highest BCUT2D eigenvalue weighted by molar-refractivity contribution is 7.47. The lowest BCUT2D eigenvalue weighted by Gasteiger charge is -2.21. The van der Waals surface area contributed by atoms with E-state index in [0.29, 0.717) is 25.7 Å². The largest absolute Gasteiger partial charge is 0.472 e. The highest BCUT2D eigenvalue weighted by Gasteiger charge is 2.30. The predicted octanol–water partition coefficient (Wildman–Crippen LogP) is 24.0. The molecule has 17 nitrogen and oxygen atoms in total. The van der Waals surface area contributed by atoms with Crippen LogP contribution >= 0.6 is 15.6 Å². The molecule has 0 aliphatic carbocycles. The van der Waals surface area contributed by atoms with E-state index in [2.05, 4.69) is 34.6 Å². The highest BCUT2D eigenvalue weighted by atomic mass is 31.2. The lowest BCUT2D eigenvalue weighted by Crippen LogP contribution is -2.30. The maximum absolute atomic E-state index is 13.1. The number of aliphatic hydroxyl groups excluding tert-OH is 1. The van der Waals surface area contributed by atoms with Crippen molar-refractivity contribution in [2.45, 2.75) is 445 Å². The molecule has 0 aliphatic heterocycles. The third kappa shape index (κ3) is 74.1. The summed E-state index contributed by atoms with van der Waals surface area (Å²) in [4.78, 5) is 72.9. The molecule has 0 bridgehead atoms. The van der Waals surface area contributed by atoms with Gasteiger partial charge >= 0.3 is 39.5 Å². The Labute approximate surface area is 607 Å². The lowest BCUT2D eigenvalue weighted by atomic mass is 10.0. The number of unbranched alkanes of at least 4 members (excludes halogenated alkanes) is 52. The van der Waals surface area contributed by atoms with Gasteiger partial charge in [-0.1, -0.05) is 375 Å². The molecule has 0 spiro atoms. The molecule has 0 saturated heterocycles. The number of phosphoric ester groups is 2. The van der Waals surface area contributed by atoms with Crippen LogP contribution in [0.4, 0.5) is 0 Å². The van der Waals surface area contributed by atoms with Gasteiger partial charge in [-0.3, -0.25) is 37.3 Å². The highest BCUT2D eigenvalue weighted by Crippen LogP contribution is 2.45. The normalized spacial score (nSPS) is 13.9. The van der Waals surface area contributed by atoms with E-state index in [1.165, 1.54) is 250 Å². The van der Waals surface area contributed by atoms with Crippen LogP contribution in [0.15, 0.2) is 0 Å². The van der Waals surface area contributed by atoms with Gasteiger partial charge in [-0.25, -0.2) is 9.13 Å². The van der Waals surface area contributed by atoms with E-state index in [-0.39, 0.29) is 25.7 Å². The molecule has 0 saturated carbocycles. The Hall–Kier alpha value is -1.94. The van der Waals surface area contributed by atoms with Crippen molar-refractivity contribution in [2.24, 2.45) is 5.92 Å². The molecule has 0 amide bonds. The number of carbonyl (C=O) groups excluding carboxylic acids is 4. The quantitative estimate of drug-likeness (QED) is 0.0222. The fourth-order valence-electron chi connectivity index (χ4n) is 12.4. The molecule has 2 unspecified atom stereocenters. The maximum atomic E-state index is 13.1. The summed E-state index contributed by atoms with van der Waals surface area (Å²) in [6.07, 6.45) is 64.0. The molecule has 0 heterocycles. The zero-order valence-electron chi connectivity index (χ0n) is 64.6. The predicted molar refractivity (Wildman–Crippen MR) is 405 cm³/mol. The fourth-order valence-corrected chi connectivity index (χ4v) is 14.0. The maximum Gasteiger partial charge on any atom is 0.472 e. The van der Waals surface area contributed by atoms with Crippen LogP contribution in [0.5, 0.6) is 0 Å². The molecule has 0 fully saturated rings. The van der Waals surface area contributed by atoms with E-state index in [9.17, 15) is 43.2 Å². The van der Waals surface area contributed by atoms with Crippen LogP contribution < -0.4 is 0 Å². The topological polar surface area (TPSA) is 237 Å². The van der Waals surface area contributed by atoms with Crippen molar-refractivity contribution in [3.63, 3.8) is 0 Å².